The largest absolute Gasteiger partial charge is 0.330 e. The summed E-state index contributed by atoms with van der Waals surface area (Å²) in [6, 6.07) is 6.38. The van der Waals surface area contributed by atoms with Crippen LogP contribution in [0, 0.1) is 5.92 Å². The third-order valence-electron chi connectivity index (χ3n) is 4.45. The van der Waals surface area contributed by atoms with Gasteiger partial charge in [0.15, 0.2) is 0 Å². The van der Waals surface area contributed by atoms with Crippen LogP contribution in [0.4, 0.5) is 0 Å². The van der Waals surface area contributed by atoms with Gasteiger partial charge in [-0.3, -0.25) is 0 Å². The maximum absolute atomic E-state index is 6.40. The van der Waals surface area contributed by atoms with Crippen LogP contribution < -0.4 is 5.73 Å². The van der Waals surface area contributed by atoms with Gasteiger partial charge in [-0.05, 0) is 67.2 Å². The molecule has 2 N–H and O–H groups in total. The fourth-order valence-electron chi connectivity index (χ4n) is 3.56. The Labute approximate surface area is 102 Å². The molecule has 1 saturated carbocycles. The molecule has 0 aliphatic heterocycles. The van der Waals surface area contributed by atoms with E-state index in [2.05, 4.69) is 12.1 Å². The van der Waals surface area contributed by atoms with E-state index in [0.29, 0.717) is 5.41 Å². The van der Waals surface area contributed by atoms with Crippen molar-refractivity contribution in [1.82, 2.24) is 0 Å². The minimum Gasteiger partial charge on any atom is -0.330 e. The van der Waals surface area contributed by atoms with Gasteiger partial charge in [-0.15, -0.1) is 0 Å². The summed E-state index contributed by atoms with van der Waals surface area (Å²) in [4.78, 5) is 0. The lowest BCUT2D eigenvalue weighted by atomic mass is 9.71. The fourth-order valence-corrected chi connectivity index (χ4v) is 3.94. The second-order valence-corrected chi connectivity index (χ2v) is 5.65. The Morgan fingerprint density at radius 2 is 2.19 bits per heavy atom. The molecule has 1 aromatic rings. The standard InChI is InChI=1S/C14H18ClN/c15-12-3-1-2-10-4-5-11(6-9-16)14(7-8-14)13(10)12/h1-3,11H,4-9,16H2. The molecule has 1 nitrogen and oxygen atoms in total. The molecule has 2 heteroatoms. The summed E-state index contributed by atoms with van der Waals surface area (Å²) in [5.74, 6) is 0.768. The number of nitrogens with two attached hydrogens (primary N) is 1. The number of hydrogen-bond acceptors (Lipinski definition) is 1. The predicted molar refractivity (Wildman–Crippen MR) is 67.8 cm³/mol. The lowest BCUT2D eigenvalue weighted by molar-refractivity contribution is 0.335. The van der Waals surface area contributed by atoms with E-state index < -0.39 is 0 Å². The fraction of sp³-hybridized carbons (Fsp3) is 0.571. The van der Waals surface area contributed by atoms with Gasteiger partial charge >= 0.3 is 0 Å². The van der Waals surface area contributed by atoms with Crippen molar-refractivity contribution in [2.45, 2.75) is 37.5 Å². The molecule has 1 fully saturated rings. The monoisotopic (exact) mass is 235 g/mol. The number of benzene rings is 1. The molecular weight excluding hydrogens is 218 g/mol. The first-order valence-electron chi connectivity index (χ1n) is 6.26. The third-order valence-corrected chi connectivity index (χ3v) is 4.76. The highest BCUT2D eigenvalue weighted by atomic mass is 35.5. The van der Waals surface area contributed by atoms with Gasteiger partial charge in [0.25, 0.3) is 0 Å². The molecule has 0 heterocycles. The van der Waals surface area contributed by atoms with E-state index >= 15 is 0 Å². The van der Waals surface area contributed by atoms with Crippen LogP contribution in [0.1, 0.15) is 36.8 Å². The van der Waals surface area contributed by atoms with Crippen molar-refractivity contribution in [3.8, 4) is 0 Å². The van der Waals surface area contributed by atoms with Crippen LogP contribution in [0.2, 0.25) is 5.02 Å². The van der Waals surface area contributed by atoms with Gasteiger partial charge < -0.3 is 5.73 Å². The maximum atomic E-state index is 6.40. The second-order valence-electron chi connectivity index (χ2n) is 5.24. The van der Waals surface area contributed by atoms with Crippen molar-refractivity contribution in [3.05, 3.63) is 34.3 Å². The molecule has 16 heavy (non-hydrogen) atoms. The smallest absolute Gasteiger partial charge is 0.0446 e. The molecule has 0 aromatic heterocycles. The highest BCUT2D eigenvalue weighted by Crippen LogP contribution is 2.60. The summed E-state index contributed by atoms with van der Waals surface area (Å²) in [6.07, 6.45) is 6.26. The Morgan fingerprint density at radius 3 is 2.88 bits per heavy atom. The summed E-state index contributed by atoms with van der Waals surface area (Å²) >= 11 is 6.40. The summed E-state index contributed by atoms with van der Waals surface area (Å²) in [6.45, 7) is 0.812. The maximum Gasteiger partial charge on any atom is 0.0446 e. The molecule has 2 aliphatic rings. The van der Waals surface area contributed by atoms with Crippen molar-refractivity contribution in [3.63, 3.8) is 0 Å². The molecule has 1 atom stereocenters. The summed E-state index contributed by atoms with van der Waals surface area (Å²) in [5.41, 5.74) is 9.09. The van der Waals surface area contributed by atoms with Gasteiger partial charge in [-0.1, -0.05) is 23.7 Å². The van der Waals surface area contributed by atoms with Crippen molar-refractivity contribution in [1.29, 1.82) is 0 Å². The van der Waals surface area contributed by atoms with E-state index in [9.17, 15) is 0 Å². The van der Waals surface area contributed by atoms with Gasteiger partial charge in [0.2, 0.25) is 0 Å². The van der Waals surface area contributed by atoms with Crippen molar-refractivity contribution in [2.75, 3.05) is 6.54 Å². The van der Waals surface area contributed by atoms with E-state index in [1.165, 1.54) is 36.8 Å². The zero-order chi connectivity index (χ0) is 11.2. The molecule has 0 radical (unpaired) electrons. The Kier molecular flexibility index (Phi) is 2.49. The first kappa shape index (κ1) is 10.6. The van der Waals surface area contributed by atoms with E-state index in [1.54, 1.807) is 0 Å². The highest BCUT2D eigenvalue weighted by molar-refractivity contribution is 6.31. The molecule has 0 saturated heterocycles. The van der Waals surface area contributed by atoms with Gasteiger partial charge in [0.05, 0.1) is 0 Å². The highest BCUT2D eigenvalue weighted by Gasteiger charge is 2.53. The average molecular weight is 236 g/mol. The Morgan fingerprint density at radius 1 is 1.38 bits per heavy atom. The summed E-state index contributed by atoms with van der Waals surface area (Å²) in [7, 11) is 0. The molecular formula is C14H18ClN. The van der Waals surface area contributed by atoms with Crippen LogP contribution in [-0.2, 0) is 11.8 Å². The van der Waals surface area contributed by atoms with Crippen LogP contribution in [0.3, 0.4) is 0 Å². The van der Waals surface area contributed by atoms with Crippen LogP contribution >= 0.6 is 11.6 Å². The number of fused-ring (bicyclic) bond motifs is 2. The summed E-state index contributed by atoms with van der Waals surface area (Å²) in [5, 5.41) is 0.983. The predicted octanol–water partition coefficient (Wildman–Crippen LogP) is 3.28. The SMILES string of the molecule is NCCC1CCc2cccc(Cl)c2C12CC2. The topological polar surface area (TPSA) is 26.0 Å². The minimum absolute atomic E-state index is 0.408. The lowest BCUT2D eigenvalue weighted by Crippen LogP contribution is -2.29. The van der Waals surface area contributed by atoms with Crippen molar-refractivity contribution < 1.29 is 0 Å². The van der Waals surface area contributed by atoms with E-state index in [4.69, 9.17) is 17.3 Å². The van der Waals surface area contributed by atoms with E-state index in [0.717, 1.165) is 23.9 Å². The number of halogens is 1. The third kappa shape index (κ3) is 1.42. The van der Waals surface area contributed by atoms with Crippen molar-refractivity contribution >= 4 is 11.6 Å². The normalized spacial score (nSPS) is 25.5. The van der Waals surface area contributed by atoms with Gasteiger partial charge in [-0.2, -0.15) is 0 Å². The van der Waals surface area contributed by atoms with Gasteiger partial charge in [0, 0.05) is 5.02 Å². The molecule has 2 aliphatic carbocycles. The quantitative estimate of drug-likeness (QED) is 0.837. The molecule has 3 rings (SSSR count). The number of rotatable bonds is 2. The molecule has 0 amide bonds. The van der Waals surface area contributed by atoms with Gasteiger partial charge in [-0.25, -0.2) is 0 Å². The van der Waals surface area contributed by atoms with Crippen LogP contribution in [0.25, 0.3) is 0 Å². The van der Waals surface area contributed by atoms with Crippen molar-refractivity contribution in [2.24, 2.45) is 11.7 Å². The Bertz CT molecular complexity index is 409. The van der Waals surface area contributed by atoms with Gasteiger partial charge in [0.1, 0.15) is 0 Å². The Hall–Kier alpha value is -0.530. The second kappa shape index (κ2) is 3.75. The molecule has 86 valence electrons. The average Bonchev–Trinajstić information content (AvgIpc) is 3.04. The number of hydrogen-bond donors (Lipinski definition) is 1. The first-order chi connectivity index (χ1) is 7.78. The zero-order valence-corrected chi connectivity index (χ0v) is 10.3. The Balaban J connectivity index is 2.05. The number of aryl methyl sites for hydroxylation is 1. The molecule has 1 unspecified atom stereocenters. The van der Waals surface area contributed by atoms with E-state index in [-0.39, 0.29) is 0 Å². The van der Waals surface area contributed by atoms with Crippen LogP contribution in [0.5, 0.6) is 0 Å². The minimum atomic E-state index is 0.408. The molecule has 0 bridgehead atoms. The lowest BCUT2D eigenvalue weighted by Gasteiger charge is -2.34. The van der Waals surface area contributed by atoms with Crippen LogP contribution in [-0.4, -0.2) is 6.54 Å². The first-order valence-corrected chi connectivity index (χ1v) is 6.64. The summed E-state index contributed by atoms with van der Waals surface area (Å²) < 4.78 is 0. The van der Waals surface area contributed by atoms with E-state index in [1.807, 2.05) is 6.07 Å². The van der Waals surface area contributed by atoms with Crippen LogP contribution in [0.15, 0.2) is 18.2 Å². The molecule has 1 spiro atoms. The molecule has 1 aromatic carbocycles. The zero-order valence-electron chi connectivity index (χ0n) is 9.51.